The van der Waals surface area contributed by atoms with Crippen molar-refractivity contribution in [3.05, 3.63) is 36.4 Å². The molecule has 0 spiro atoms. The second-order valence-electron chi connectivity index (χ2n) is 7.49. The van der Waals surface area contributed by atoms with Crippen LogP contribution in [0.4, 0.5) is 0 Å². The topological polar surface area (TPSA) is 67.6 Å². The van der Waals surface area contributed by atoms with Gasteiger partial charge in [0.15, 0.2) is 5.76 Å². The second-order valence-corrected chi connectivity index (χ2v) is 7.49. The van der Waals surface area contributed by atoms with Crippen molar-refractivity contribution in [1.29, 1.82) is 0 Å². The van der Waals surface area contributed by atoms with Crippen LogP contribution < -0.4 is 10.1 Å². The van der Waals surface area contributed by atoms with Gasteiger partial charge in [-0.1, -0.05) is 13.8 Å². The van der Waals surface area contributed by atoms with Gasteiger partial charge < -0.3 is 14.5 Å². The summed E-state index contributed by atoms with van der Waals surface area (Å²) < 4.78 is 11.1. The molecule has 1 aromatic carbocycles. The maximum Gasteiger partial charge on any atom is 0.222 e. The van der Waals surface area contributed by atoms with E-state index in [0.29, 0.717) is 12.5 Å². The number of methoxy groups -OCH3 is 1. The summed E-state index contributed by atoms with van der Waals surface area (Å²) in [6.45, 7) is 7.28. The van der Waals surface area contributed by atoms with Crippen molar-refractivity contribution in [2.24, 2.45) is 11.8 Å². The van der Waals surface area contributed by atoms with E-state index in [9.17, 15) is 4.79 Å². The lowest BCUT2D eigenvalue weighted by atomic mass is 9.98. The maximum atomic E-state index is 11.8. The largest absolute Gasteiger partial charge is 0.497 e. The van der Waals surface area contributed by atoms with Crippen LogP contribution in [0.2, 0.25) is 0 Å². The first-order valence-electron chi connectivity index (χ1n) is 9.64. The number of carbonyl (C=O) groups is 1. The fourth-order valence-electron chi connectivity index (χ4n) is 3.37. The molecule has 1 N–H and O–H groups in total. The Hall–Kier alpha value is -2.34. The summed E-state index contributed by atoms with van der Waals surface area (Å²) in [7, 11) is 1.65. The van der Waals surface area contributed by atoms with Crippen molar-refractivity contribution in [3.63, 3.8) is 0 Å². The van der Waals surface area contributed by atoms with Crippen LogP contribution in [0.15, 0.2) is 34.9 Å². The molecule has 146 valence electrons. The van der Waals surface area contributed by atoms with E-state index in [1.165, 1.54) is 0 Å². The molecule has 0 radical (unpaired) electrons. The average molecular weight is 371 g/mol. The Morgan fingerprint density at radius 3 is 2.85 bits per heavy atom. The lowest BCUT2D eigenvalue weighted by Gasteiger charge is -2.32. The summed E-state index contributed by atoms with van der Waals surface area (Å²) in [5.41, 5.74) is 0.988. The van der Waals surface area contributed by atoms with Gasteiger partial charge in [-0.25, -0.2) is 4.98 Å². The minimum Gasteiger partial charge on any atom is -0.497 e. The quantitative estimate of drug-likeness (QED) is 0.808. The number of ether oxygens (including phenoxy) is 1. The van der Waals surface area contributed by atoms with Crippen molar-refractivity contribution < 1.29 is 13.9 Å². The van der Waals surface area contributed by atoms with E-state index in [0.717, 1.165) is 55.4 Å². The monoisotopic (exact) mass is 371 g/mol. The van der Waals surface area contributed by atoms with E-state index in [2.05, 4.69) is 15.2 Å². The number of aromatic nitrogens is 1. The Labute approximate surface area is 160 Å². The van der Waals surface area contributed by atoms with Gasteiger partial charge in [-0.2, -0.15) is 0 Å². The summed E-state index contributed by atoms with van der Waals surface area (Å²) in [6, 6.07) is 7.77. The molecule has 6 nitrogen and oxygen atoms in total. The number of likely N-dealkylation sites (tertiary alicyclic amines) is 1. The SMILES string of the molecule is COc1ccc(-c2cnc(CN3CCC[C@@H](CNC(=O)C(C)C)C3)o2)cc1. The van der Waals surface area contributed by atoms with Gasteiger partial charge in [0.25, 0.3) is 0 Å². The van der Waals surface area contributed by atoms with E-state index in [1.807, 2.05) is 38.1 Å². The molecule has 1 amide bonds. The minimum atomic E-state index is 0.0355. The lowest BCUT2D eigenvalue weighted by molar-refractivity contribution is -0.124. The number of hydrogen-bond donors (Lipinski definition) is 1. The summed E-state index contributed by atoms with van der Waals surface area (Å²) >= 11 is 0. The Morgan fingerprint density at radius 2 is 2.15 bits per heavy atom. The number of oxazole rings is 1. The first-order chi connectivity index (χ1) is 13.0. The van der Waals surface area contributed by atoms with Crippen molar-refractivity contribution in [3.8, 4) is 17.1 Å². The summed E-state index contributed by atoms with van der Waals surface area (Å²) in [4.78, 5) is 18.6. The van der Waals surface area contributed by atoms with Crippen molar-refractivity contribution in [1.82, 2.24) is 15.2 Å². The molecule has 1 saturated heterocycles. The Morgan fingerprint density at radius 1 is 1.37 bits per heavy atom. The molecule has 0 unspecified atom stereocenters. The van der Waals surface area contributed by atoms with E-state index in [-0.39, 0.29) is 11.8 Å². The smallest absolute Gasteiger partial charge is 0.222 e. The molecule has 2 heterocycles. The highest BCUT2D eigenvalue weighted by molar-refractivity contribution is 5.77. The molecule has 1 fully saturated rings. The average Bonchev–Trinajstić information content (AvgIpc) is 3.14. The Kier molecular flexibility index (Phi) is 6.50. The summed E-state index contributed by atoms with van der Waals surface area (Å²) in [6.07, 6.45) is 4.06. The van der Waals surface area contributed by atoms with E-state index < -0.39 is 0 Å². The van der Waals surface area contributed by atoms with Crippen LogP contribution in [0.25, 0.3) is 11.3 Å². The molecule has 3 rings (SSSR count). The number of nitrogens with one attached hydrogen (secondary N) is 1. The first-order valence-corrected chi connectivity index (χ1v) is 9.64. The molecule has 0 bridgehead atoms. The number of nitrogens with zero attached hydrogens (tertiary/aromatic N) is 2. The second kappa shape index (κ2) is 9.04. The van der Waals surface area contributed by atoms with Crippen LogP contribution in [0.3, 0.4) is 0 Å². The zero-order valence-electron chi connectivity index (χ0n) is 16.4. The minimum absolute atomic E-state index is 0.0355. The lowest BCUT2D eigenvalue weighted by Crippen LogP contribution is -2.41. The van der Waals surface area contributed by atoms with Gasteiger partial charge in [0.05, 0.1) is 19.9 Å². The van der Waals surface area contributed by atoms with Crippen LogP contribution in [0.1, 0.15) is 32.6 Å². The molecular formula is C21H29N3O3. The van der Waals surface area contributed by atoms with Crippen LogP contribution in [0.5, 0.6) is 5.75 Å². The van der Waals surface area contributed by atoms with E-state index in [4.69, 9.17) is 9.15 Å². The molecule has 27 heavy (non-hydrogen) atoms. The third-order valence-corrected chi connectivity index (χ3v) is 4.98. The third kappa shape index (κ3) is 5.32. The van der Waals surface area contributed by atoms with Crippen LogP contribution in [-0.2, 0) is 11.3 Å². The van der Waals surface area contributed by atoms with Crippen molar-refractivity contribution >= 4 is 5.91 Å². The Balaban J connectivity index is 1.54. The van der Waals surface area contributed by atoms with Gasteiger partial charge in [0.2, 0.25) is 11.8 Å². The molecule has 6 heteroatoms. The van der Waals surface area contributed by atoms with Crippen molar-refractivity contribution in [2.45, 2.75) is 33.2 Å². The molecule has 1 aromatic heterocycles. The van der Waals surface area contributed by atoms with Gasteiger partial charge in [-0.3, -0.25) is 9.69 Å². The normalized spacial score (nSPS) is 17.9. The highest BCUT2D eigenvalue weighted by Crippen LogP contribution is 2.24. The first kappa shape index (κ1) is 19.4. The number of benzene rings is 1. The predicted molar refractivity (Wildman–Crippen MR) is 104 cm³/mol. The van der Waals surface area contributed by atoms with Gasteiger partial charge in [-0.05, 0) is 49.6 Å². The van der Waals surface area contributed by atoms with Gasteiger partial charge in [0, 0.05) is 24.6 Å². The van der Waals surface area contributed by atoms with E-state index in [1.54, 1.807) is 13.3 Å². The number of amides is 1. The van der Waals surface area contributed by atoms with Crippen LogP contribution in [-0.4, -0.2) is 42.5 Å². The van der Waals surface area contributed by atoms with Gasteiger partial charge >= 0.3 is 0 Å². The molecule has 1 aliphatic heterocycles. The highest BCUT2D eigenvalue weighted by Gasteiger charge is 2.22. The predicted octanol–water partition coefficient (Wildman–Crippen LogP) is 3.33. The molecule has 0 aliphatic carbocycles. The zero-order valence-corrected chi connectivity index (χ0v) is 16.4. The highest BCUT2D eigenvalue weighted by atomic mass is 16.5. The van der Waals surface area contributed by atoms with Crippen LogP contribution in [0, 0.1) is 11.8 Å². The van der Waals surface area contributed by atoms with Gasteiger partial charge in [-0.15, -0.1) is 0 Å². The standard InChI is InChI=1S/C21H29N3O3/c1-15(2)21(25)23-11-16-5-4-10-24(13-16)14-20-22-12-19(27-20)17-6-8-18(26-3)9-7-17/h6-9,12,15-16H,4-5,10-11,13-14H2,1-3H3,(H,23,25)/t16-/m0/s1. The fourth-order valence-corrected chi connectivity index (χ4v) is 3.37. The molecule has 0 saturated carbocycles. The van der Waals surface area contributed by atoms with Gasteiger partial charge in [0.1, 0.15) is 5.75 Å². The van der Waals surface area contributed by atoms with Crippen LogP contribution >= 0.6 is 0 Å². The fraction of sp³-hybridized carbons (Fsp3) is 0.524. The summed E-state index contributed by atoms with van der Waals surface area (Å²) in [5.74, 6) is 2.97. The maximum absolute atomic E-state index is 11.8. The van der Waals surface area contributed by atoms with Crippen molar-refractivity contribution in [2.75, 3.05) is 26.7 Å². The summed E-state index contributed by atoms with van der Waals surface area (Å²) in [5, 5.41) is 3.06. The number of piperidine rings is 1. The van der Waals surface area contributed by atoms with E-state index >= 15 is 0 Å². The number of carbonyl (C=O) groups excluding carboxylic acids is 1. The number of rotatable bonds is 7. The third-order valence-electron chi connectivity index (χ3n) is 4.98. The molecule has 1 aliphatic rings. The molecule has 2 aromatic rings. The molecule has 1 atom stereocenters. The Bertz CT molecular complexity index is 739. The molecular weight excluding hydrogens is 342 g/mol. The zero-order chi connectivity index (χ0) is 19.2. The number of hydrogen-bond acceptors (Lipinski definition) is 5.